The van der Waals surface area contributed by atoms with E-state index in [1.165, 1.54) is 21.3 Å². The number of aromatic nitrogens is 2. The van der Waals surface area contributed by atoms with Gasteiger partial charge in [-0.2, -0.15) is 5.10 Å². The van der Waals surface area contributed by atoms with Crippen molar-refractivity contribution in [3.8, 4) is 34.3 Å². The first-order valence-electron chi connectivity index (χ1n) is 11.0. The summed E-state index contributed by atoms with van der Waals surface area (Å²) in [6, 6.07) is 8.66. The van der Waals surface area contributed by atoms with Crippen LogP contribution in [0.3, 0.4) is 0 Å². The zero-order chi connectivity index (χ0) is 25.1. The number of fused-ring (bicyclic) bond motifs is 1. The van der Waals surface area contributed by atoms with Crippen LogP contribution in [0.1, 0.15) is 15.9 Å². The number of nitrogens with zero attached hydrogens (tertiary/aromatic N) is 3. The highest BCUT2D eigenvalue weighted by Crippen LogP contribution is 2.41. The van der Waals surface area contributed by atoms with E-state index in [9.17, 15) is 4.79 Å². The van der Waals surface area contributed by atoms with Gasteiger partial charge in [0.25, 0.3) is 0 Å². The molecule has 0 spiro atoms. The maximum atomic E-state index is 14.0. The smallest absolute Gasteiger partial charge is 0.203 e. The molecule has 2 aromatic carbocycles. The van der Waals surface area contributed by atoms with Crippen molar-refractivity contribution < 1.29 is 28.2 Å². The number of hydrogen-bond acceptors (Lipinski definition) is 8. The van der Waals surface area contributed by atoms with E-state index in [0.717, 1.165) is 6.54 Å². The third kappa shape index (κ3) is 4.67. The van der Waals surface area contributed by atoms with Gasteiger partial charge in [0.2, 0.25) is 5.75 Å². The van der Waals surface area contributed by atoms with Crippen LogP contribution in [0.25, 0.3) is 22.3 Å². The van der Waals surface area contributed by atoms with Crippen molar-refractivity contribution in [3.05, 3.63) is 53.9 Å². The van der Waals surface area contributed by atoms with Crippen LogP contribution in [-0.2, 0) is 6.54 Å². The molecule has 0 saturated carbocycles. The molecule has 9 heteroatoms. The SMILES string of the molecule is COc1ccc2c(C(=O)c3cc(OC)c(OC)c(OC)c3)c(-c3cnn(CCN(C)C)c3)oc2c1. The predicted molar refractivity (Wildman–Crippen MR) is 132 cm³/mol. The molecule has 2 heterocycles. The number of ketones is 1. The fraction of sp³-hybridized carbons (Fsp3) is 0.308. The van der Waals surface area contributed by atoms with Gasteiger partial charge in [-0.1, -0.05) is 0 Å². The second kappa shape index (κ2) is 10.1. The van der Waals surface area contributed by atoms with E-state index in [1.807, 2.05) is 31.0 Å². The minimum atomic E-state index is -0.246. The third-order valence-corrected chi connectivity index (χ3v) is 5.72. The highest BCUT2D eigenvalue weighted by Gasteiger charge is 2.26. The van der Waals surface area contributed by atoms with Crippen molar-refractivity contribution in [3.63, 3.8) is 0 Å². The van der Waals surface area contributed by atoms with Crippen LogP contribution in [0.4, 0.5) is 0 Å². The maximum Gasteiger partial charge on any atom is 0.203 e. The Kier molecular flexibility index (Phi) is 6.97. The summed E-state index contributed by atoms with van der Waals surface area (Å²) >= 11 is 0. The van der Waals surface area contributed by atoms with Gasteiger partial charge in [0.15, 0.2) is 17.3 Å². The minimum Gasteiger partial charge on any atom is -0.497 e. The zero-order valence-electron chi connectivity index (χ0n) is 20.7. The van der Waals surface area contributed by atoms with Gasteiger partial charge < -0.3 is 28.3 Å². The second-order valence-electron chi connectivity index (χ2n) is 8.21. The van der Waals surface area contributed by atoms with Crippen LogP contribution < -0.4 is 18.9 Å². The molecule has 0 atom stereocenters. The Morgan fingerprint density at radius 2 is 1.71 bits per heavy atom. The predicted octanol–water partition coefficient (Wildman–Crippen LogP) is 4.12. The Labute approximate surface area is 203 Å². The summed E-state index contributed by atoms with van der Waals surface area (Å²) in [4.78, 5) is 16.0. The summed E-state index contributed by atoms with van der Waals surface area (Å²) in [5.41, 5.74) is 2.04. The topological polar surface area (TPSA) is 88.2 Å². The number of likely N-dealkylation sites (N-methyl/N-ethyl adjacent to an activating group) is 1. The largest absolute Gasteiger partial charge is 0.497 e. The number of methoxy groups -OCH3 is 4. The third-order valence-electron chi connectivity index (χ3n) is 5.72. The van der Waals surface area contributed by atoms with Crippen molar-refractivity contribution in [2.24, 2.45) is 0 Å². The summed E-state index contributed by atoms with van der Waals surface area (Å²) in [6.07, 6.45) is 3.58. The lowest BCUT2D eigenvalue weighted by Gasteiger charge is -2.13. The van der Waals surface area contributed by atoms with Crippen LogP contribution in [0, 0.1) is 0 Å². The lowest BCUT2D eigenvalue weighted by Crippen LogP contribution is -2.18. The number of carbonyl (C=O) groups is 1. The summed E-state index contributed by atoms with van der Waals surface area (Å²) in [5.74, 6) is 2.01. The Bertz CT molecular complexity index is 1330. The van der Waals surface area contributed by atoms with Gasteiger partial charge in [0, 0.05) is 29.8 Å². The lowest BCUT2D eigenvalue weighted by atomic mass is 9.97. The van der Waals surface area contributed by atoms with Crippen LogP contribution in [-0.4, -0.2) is 69.5 Å². The van der Waals surface area contributed by atoms with E-state index in [0.29, 0.717) is 63.0 Å². The monoisotopic (exact) mass is 479 g/mol. The number of benzene rings is 2. The molecule has 2 aromatic heterocycles. The first kappa shape index (κ1) is 24.2. The average Bonchev–Trinajstić information content (AvgIpc) is 3.50. The first-order valence-corrected chi connectivity index (χ1v) is 11.0. The molecule has 4 rings (SSSR count). The van der Waals surface area contributed by atoms with Crippen molar-refractivity contribution in [2.45, 2.75) is 6.54 Å². The molecule has 0 saturated heterocycles. The minimum absolute atomic E-state index is 0.246. The van der Waals surface area contributed by atoms with Crippen LogP contribution in [0.5, 0.6) is 23.0 Å². The molecule has 0 bridgehead atoms. The van der Waals surface area contributed by atoms with Crippen LogP contribution >= 0.6 is 0 Å². The highest BCUT2D eigenvalue weighted by atomic mass is 16.5. The van der Waals surface area contributed by atoms with E-state index in [1.54, 1.807) is 37.6 Å². The number of carbonyl (C=O) groups excluding carboxylic acids is 1. The van der Waals surface area contributed by atoms with E-state index >= 15 is 0 Å². The fourth-order valence-corrected chi connectivity index (χ4v) is 3.89. The van der Waals surface area contributed by atoms with Crippen molar-refractivity contribution in [1.82, 2.24) is 14.7 Å². The fourth-order valence-electron chi connectivity index (χ4n) is 3.89. The van der Waals surface area contributed by atoms with Gasteiger partial charge in [-0.25, -0.2) is 0 Å². The van der Waals surface area contributed by atoms with Crippen molar-refractivity contribution in [2.75, 3.05) is 49.1 Å². The molecule has 0 aliphatic carbocycles. The average molecular weight is 480 g/mol. The van der Waals surface area contributed by atoms with Gasteiger partial charge in [0.05, 0.1) is 52.3 Å². The van der Waals surface area contributed by atoms with Crippen LogP contribution in [0.15, 0.2) is 47.1 Å². The first-order chi connectivity index (χ1) is 16.9. The van der Waals surface area contributed by atoms with E-state index in [2.05, 4.69) is 10.00 Å². The summed E-state index contributed by atoms with van der Waals surface area (Å²) < 4.78 is 29.7. The molecule has 0 aliphatic rings. The second-order valence-corrected chi connectivity index (χ2v) is 8.21. The van der Waals surface area contributed by atoms with Crippen LogP contribution in [0.2, 0.25) is 0 Å². The van der Waals surface area contributed by atoms with Gasteiger partial charge in [0.1, 0.15) is 17.1 Å². The van der Waals surface area contributed by atoms with Crippen molar-refractivity contribution >= 4 is 16.8 Å². The molecule has 35 heavy (non-hydrogen) atoms. The molecule has 4 aromatic rings. The Morgan fingerprint density at radius 1 is 1.00 bits per heavy atom. The summed E-state index contributed by atoms with van der Waals surface area (Å²) in [5, 5.41) is 5.12. The molecule has 0 amide bonds. The highest BCUT2D eigenvalue weighted by molar-refractivity contribution is 6.20. The van der Waals surface area contributed by atoms with Gasteiger partial charge in [-0.15, -0.1) is 0 Å². The Hall–Kier alpha value is -3.98. The van der Waals surface area contributed by atoms with E-state index < -0.39 is 0 Å². The quantitative estimate of drug-likeness (QED) is 0.314. The zero-order valence-corrected chi connectivity index (χ0v) is 20.7. The van der Waals surface area contributed by atoms with E-state index in [-0.39, 0.29) is 5.78 Å². The van der Waals surface area contributed by atoms with Gasteiger partial charge >= 0.3 is 0 Å². The maximum absolute atomic E-state index is 14.0. The molecule has 184 valence electrons. The Balaban J connectivity index is 1.87. The molecule has 0 fully saturated rings. The number of rotatable bonds is 10. The number of furan rings is 1. The standard InChI is InChI=1S/C26H29N3O6/c1-28(2)9-10-29-15-17(14-27-29)25-23(19-8-7-18(31-3)13-20(19)35-25)24(30)16-11-21(32-4)26(34-6)22(12-16)33-5/h7-8,11-15H,9-10H2,1-6H3. The molecule has 0 aliphatic heterocycles. The molecule has 0 radical (unpaired) electrons. The molecule has 9 nitrogen and oxygen atoms in total. The number of hydrogen-bond donors (Lipinski definition) is 0. The summed E-state index contributed by atoms with van der Waals surface area (Å²) in [7, 11) is 10.1. The van der Waals surface area contributed by atoms with Gasteiger partial charge in [-0.05, 0) is 38.4 Å². The number of ether oxygens (including phenoxy) is 4. The summed E-state index contributed by atoms with van der Waals surface area (Å²) in [6.45, 7) is 1.53. The molecular weight excluding hydrogens is 450 g/mol. The molecule has 0 N–H and O–H groups in total. The lowest BCUT2D eigenvalue weighted by molar-refractivity contribution is 0.103. The van der Waals surface area contributed by atoms with Crippen molar-refractivity contribution in [1.29, 1.82) is 0 Å². The Morgan fingerprint density at radius 3 is 2.31 bits per heavy atom. The van der Waals surface area contributed by atoms with E-state index in [4.69, 9.17) is 23.4 Å². The molecule has 0 unspecified atom stereocenters. The van der Waals surface area contributed by atoms with Gasteiger partial charge in [-0.3, -0.25) is 9.48 Å². The molecular formula is C26H29N3O6. The normalized spacial score (nSPS) is 11.2.